The summed E-state index contributed by atoms with van der Waals surface area (Å²) in [7, 11) is 0. The van der Waals surface area contributed by atoms with Crippen LogP contribution in [-0.2, 0) is 10.8 Å². The molecule has 0 heterocycles. The van der Waals surface area contributed by atoms with Crippen molar-refractivity contribution in [2.75, 3.05) is 4.90 Å². The summed E-state index contributed by atoms with van der Waals surface area (Å²) in [5.74, 6) is 3.37. The molecule has 6 aliphatic carbocycles. The number of rotatable bonds is 6. The lowest BCUT2D eigenvalue weighted by molar-refractivity contribution is -0.231. The molecule has 0 aromatic heterocycles. The van der Waals surface area contributed by atoms with Crippen molar-refractivity contribution < 1.29 is 0 Å². The van der Waals surface area contributed by atoms with Gasteiger partial charge in [0.15, 0.2) is 0 Å². The smallest absolute Gasteiger partial charge is 0.0540 e. The molecule has 9 aromatic rings. The summed E-state index contributed by atoms with van der Waals surface area (Å²) in [6.45, 7) is 4.75. The summed E-state index contributed by atoms with van der Waals surface area (Å²) >= 11 is 0. The van der Waals surface area contributed by atoms with Crippen LogP contribution in [0.4, 0.5) is 17.1 Å². The highest BCUT2D eigenvalue weighted by Gasteiger charge is 2.84. The molecule has 0 radical (unpaired) electrons. The highest BCUT2D eigenvalue weighted by Crippen LogP contribution is 2.89. The Bertz CT molecular complexity index is 3500. The van der Waals surface area contributed by atoms with Gasteiger partial charge in [-0.05, 0) is 174 Å². The fraction of sp³-hybridized carbons (Fsp3) is 0.200. The van der Waals surface area contributed by atoms with Crippen molar-refractivity contribution in [3.8, 4) is 55.6 Å². The number of hydrogen-bond acceptors (Lipinski definition) is 1. The van der Waals surface area contributed by atoms with E-state index in [9.17, 15) is 0 Å². The molecule has 0 aliphatic heterocycles. The quantitative estimate of drug-likeness (QED) is 0.161. The lowest BCUT2D eigenvalue weighted by Gasteiger charge is -2.76. The molecule has 316 valence electrons. The summed E-state index contributed by atoms with van der Waals surface area (Å²) in [6.07, 6.45) is 5.75. The van der Waals surface area contributed by atoms with Gasteiger partial charge >= 0.3 is 0 Å². The van der Waals surface area contributed by atoms with E-state index in [1.54, 1.807) is 11.1 Å². The molecule has 1 nitrogen and oxygen atoms in total. The molecule has 0 N–H and O–H groups in total. The predicted octanol–water partition coefficient (Wildman–Crippen LogP) is 16.9. The third-order valence-electron chi connectivity index (χ3n) is 18.3. The van der Waals surface area contributed by atoms with Gasteiger partial charge in [0, 0.05) is 27.8 Å². The predicted molar refractivity (Wildman–Crippen MR) is 274 cm³/mol. The average Bonchev–Trinajstić information content (AvgIpc) is 4.06. The van der Waals surface area contributed by atoms with E-state index in [1.807, 2.05) is 0 Å². The third kappa shape index (κ3) is 4.61. The summed E-state index contributed by atoms with van der Waals surface area (Å²) in [5, 5.41) is 2.54. The molecule has 1 heteroatoms. The molecule has 0 saturated heterocycles. The molecule has 0 amide bonds. The zero-order valence-electron chi connectivity index (χ0n) is 37.6. The maximum Gasteiger partial charge on any atom is 0.0540 e. The van der Waals surface area contributed by atoms with Gasteiger partial charge in [0.1, 0.15) is 0 Å². The van der Waals surface area contributed by atoms with E-state index in [-0.39, 0.29) is 10.8 Å². The number of hydrogen-bond donors (Lipinski definition) is 0. The highest BCUT2D eigenvalue weighted by molar-refractivity contribution is 6.09. The van der Waals surface area contributed by atoms with Crippen molar-refractivity contribution in [1.29, 1.82) is 0 Å². The second-order valence-corrected chi connectivity index (χ2v) is 21.2. The van der Waals surface area contributed by atoms with E-state index in [4.69, 9.17) is 0 Å². The lowest BCUT2D eigenvalue weighted by atomic mass is 9.27. The molecule has 66 heavy (non-hydrogen) atoms. The number of para-hydroxylation sites is 1. The number of benzene rings is 9. The summed E-state index contributed by atoms with van der Waals surface area (Å²) in [4.78, 5) is 2.58. The molecule has 9 aromatic carbocycles. The van der Waals surface area contributed by atoms with Crippen LogP contribution in [0, 0.1) is 29.1 Å². The van der Waals surface area contributed by atoms with E-state index in [0.29, 0.717) is 5.41 Å². The molecule has 4 saturated carbocycles. The third-order valence-corrected chi connectivity index (χ3v) is 18.3. The van der Waals surface area contributed by atoms with Gasteiger partial charge in [0.2, 0.25) is 0 Å². The molecular formula is C65H51N. The normalized spacial score (nSPS) is 24.8. The summed E-state index contributed by atoms with van der Waals surface area (Å²) < 4.78 is 0. The van der Waals surface area contributed by atoms with Gasteiger partial charge in [-0.25, -0.2) is 0 Å². The lowest BCUT2D eigenvalue weighted by Crippen LogP contribution is -2.73. The second-order valence-electron chi connectivity index (χ2n) is 21.2. The minimum Gasteiger partial charge on any atom is -0.310 e. The van der Waals surface area contributed by atoms with Crippen molar-refractivity contribution >= 4 is 27.8 Å². The highest BCUT2D eigenvalue weighted by atomic mass is 15.1. The Balaban J connectivity index is 0.919. The van der Waals surface area contributed by atoms with Crippen molar-refractivity contribution in [3.05, 3.63) is 222 Å². The van der Waals surface area contributed by atoms with Crippen LogP contribution < -0.4 is 4.90 Å². The van der Waals surface area contributed by atoms with Crippen LogP contribution >= 0.6 is 0 Å². The monoisotopic (exact) mass is 845 g/mol. The van der Waals surface area contributed by atoms with E-state index in [1.165, 1.54) is 120 Å². The Morgan fingerprint density at radius 1 is 0.409 bits per heavy atom. The van der Waals surface area contributed by atoms with Crippen LogP contribution in [0.25, 0.3) is 66.4 Å². The summed E-state index contributed by atoms with van der Waals surface area (Å²) in [5.41, 5.74) is 23.4. The topological polar surface area (TPSA) is 3.24 Å². The minimum atomic E-state index is -0.0481. The van der Waals surface area contributed by atoms with Crippen molar-refractivity contribution in [2.45, 2.75) is 50.4 Å². The Labute approximate surface area is 388 Å². The molecule has 6 unspecified atom stereocenters. The molecule has 15 rings (SSSR count). The van der Waals surface area contributed by atoms with Crippen LogP contribution in [0.15, 0.2) is 200 Å². The van der Waals surface area contributed by atoms with Gasteiger partial charge in [-0.2, -0.15) is 0 Å². The van der Waals surface area contributed by atoms with E-state index in [2.05, 4.69) is 219 Å². The zero-order valence-corrected chi connectivity index (χ0v) is 37.6. The first-order valence-corrected chi connectivity index (χ1v) is 24.5. The van der Waals surface area contributed by atoms with Gasteiger partial charge in [0.05, 0.1) is 5.69 Å². The first kappa shape index (κ1) is 37.3. The molecule has 6 aliphatic rings. The largest absolute Gasteiger partial charge is 0.310 e. The second kappa shape index (κ2) is 13.1. The maximum absolute atomic E-state index is 2.66. The van der Waals surface area contributed by atoms with Crippen molar-refractivity contribution in [1.82, 2.24) is 0 Å². The van der Waals surface area contributed by atoms with Crippen LogP contribution in [0.3, 0.4) is 0 Å². The zero-order chi connectivity index (χ0) is 43.5. The number of nitrogens with zero attached hydrogens (tertiary/aromatic N) is 1. The van der Waals surface area contributed by atoms with Gasteiger partial charge in [-0.15, -0.1) is 0 Å². The summed E-state index contributed by atoms with van der Waals surface area (Å²) in [6, 6.07) is 76.3. The van der Waals surface area contributed by atoms with Crippen molar-refractivity contribution in [2.24, 2.45) is 29.1 Å². The standard InChI is InChI=1S/C65H51N/c1-63(2)55-23-9-6-18-49(55)51-32-28-44(36-57(51)63)41-26-29-46(30-27-41)66(59-25-11-8-20-53(59)54-22-13-17-43-16-12-21-48(62(43)54)42-14-4-3-5-15-42)47-31-33-52-50-19-7-10-24-56(50)65(58(52)38-47)60-35-40-34-45-37-61(65)64(45,60)39-40/h3-33,36,38,40,45,60-61H,34-35,37,39H2,1-2H3. The molecule has 2 spiro atoms. The SMILES string of the molecule is CC1(C)c2ccccc2-c2ccc(-c3ccc(N(c4ccc5c(c4)C4(c6ccccc6-5)C5CC6CC7CC4C75C6)c4ccccc4-c4cccc5cccc(-c6ccccc6)c45)cc3)cc21. The number of anilines is 3. The van der Waals surface area contributed by atoms with Crippen LogP contribution in [0.2, 0.25) is 0 Å². The van der Waals surface area contributed by atoms with Crippen molar-refractivity contribution in [3.63, 3.8) is 0 Å². The Morgan fingerprint density at radius 2 is 1.02 bits per heavy atom. The van der Waals surface area contributed by atoms with Crippen LogP contribution in [0.5, 0.6) is 0 Å². The average molecular weight is 846 g/mol. The fourth-order valence-corrected chi connectivity index (χ4v) is 15.9. The first-order valence-electron chi connectivity index (χ1n) is 24.5. The van der Waals surface area contributed by atoms with Crippen LogP contribution in [0.1, 0.15) is 61.8 Å². The minimum absolute atomic E-state index is 0.0481. The Morgan fingerprint density at radius 3 is 1.82 bits per heavy atom. The maximum atomic E-state index is 2.66. The first-order chi connectivity index (χ1) is 32.4. The Kier molecular flexibility index (Phi) is 7.40. The van der Waals surface area contributed by atoms with Gasteiger partial charge < -0.3 is 4.90 Å². The van der Waals surface area contributed by atoms with Gasteiger partial charge in [0.25, 0.3) is 0 Å². The van der Waals surface area contributed by atoms with E-state index < -0.39 is 0 Å². The van der Waals surface area contributed by atoms with E-state index >= 15 is 0 Å². The van der Waals surface area contributed by atoms with Gasteiger partial charge in [-0.3, -0.25) is 0 Å². The van der Waals surface area contributed by atoms with Gasteiger partial charge in [-0.1, -0.05) is 178 Å². The molecule has 4 fully saturated rings. The van der Waals surface area contributed by atoms with E-state index in [0.717, 1.165) is 23.7 Å². The molecular weight excluding hydrogens is 795 g/mol. The van der Waals surface area contributed by atoms with Crippen LogP contribution in [-0.4, -0.2) is 0 Å². The fourth-order valence-electron chi connectivity index (χ4n) is 15.9. The molecule has 2 bridgehead atoms. The molecule has 6 atom stereocenters. The Hall–Kier alpha value is -6.96. The number of fused-ring (bicyclic) bond motifs is 12.